The molecule has 0 amide bonds. The molecule has 1 aliphatic heterocycles. The van der Waals surface area contributed by atoms with Crippen LogP contribution in [0.15, 0.2) is 36.4 Å². The second-order valence-electron chi connectivity index (χ2n) is 5.66. The number of hydrogen-bond donors (Lipinski definition) is 1. The zero-order valence-electron chi connectivity index (χ0n) is 12.5. The number of methoxy groups -OCH3 is 2. The van der Waals surface area contributed by atoms with Crippen molar-refractivity contribution in [1.82, 2.24) is 4.90 Å². The molecule has 2 aromatic carbocycles. The monoisotopic (exact) mass is 287 g/mol. The lowest BCUT2D eigenvalue weighted by atomic mass is 9.98. The molecular weight excluding hydrogens is 266 g/mol. The van der Waals surface area contributed by atoms with Crippen LogP contribution < -0.4 is 0 Å². The molecule has 0 unspecified atom stereocenters. The summed E-state index contributed by atoms with van der Waals surface area (Å²) >= 11 is 0. The van der Waals surface area contributed by atoms with Gasteiger partial charge in [0.15, 0.2) is 6.29 Å². The third kappa shape index (κ3) is 3.02. The Hall–Kier alpha value is -1.62. The Morgan fingerprint density at radius 1 is 1.10 bits per heavy atom. The van der Waals surface area contributed by atoms with E-state index in [0.29, 0.717) is 11.7 Å². The number of phenolic OH excluding ortho intramolecular Hbond substituents is 1. The average molecular weight is 287 g/mol. The van der Waals surface area contributed by atoms with E-state index in [2.05, 4.69) is 23.1 Å². The van der Waals surface area contributed by atoms with Crippen molar-refractivity contribution in [3.63, 3.8) is 0 Å². The van der Waals surface area contributed by atoms with Crippen LogP contribution in [0.4, 0.5) is 0 Å². The van der Waals surface area contributed by atoms with Gasteiger partial charge >= 0.3 is 0 Å². The van der Waals surface area contributed by atoms with Crippen LogP contribution in [0.2, 0.25) is 0 Å². The van der Waals surface area contributed by atoms with Gasteiger partial charge in [-0.05, 0) is 34.5 Å². The van der Waals surface area contributed by atoms with Gasteiger partial charge in [0.25, 0.3) is 0 Å². The lowest BCUT2D eigenvalue weighted by molar-refractivity contribution is -0.170. The number of hydrogen-bond acceptors (Lipinski definition) is 4. The first-order valence-corrected chi connectivity index (χ1v) is 7.19. The van der Waals surface area contributed by atoms with E-state index in [-0.39, 0.29) is 6.29 Å². The molecule has 1 saturated heterocycles. The minimum atomic E-state index is -0.0965. The van der Waals surface area contributed by atoms with Crippen LogP contribution in [0.5, 0.6) is 5.75 Å². The first-order chi connectivity index (χ1) is 10.2. The number of fused-ring (bicyclic) bond motifs is 1. The van der Waals surface area contributed by atoms with E-state index in [1.165, 1.54) is 5.56 Å². The SMILES string of the molecule is COC(OC)C1CN(Cc2ccc3cc(O)ccc3c2)C1. The second kappa shape index (κ2) is 6.02. The summed E-state index contributed by atoms with van der Waals surface area (Å²) in [6.45, 7) is 2.94. The Labute approximate surface area is 124 Å². The van der Waals surface area contributed by atoms with Crippen molar-refractivity contribution in [3.8, 4) is 5.75 Å². The number of aromatic hydroxyl groups is 1. The molecule has 0 radical (unpaired) electrons. The summed E-state index contributed by atoms with van der Waals surface area (Å²) in [5, 5.41) is 11.7. The van der Waals surface area contributed by atoms with Crippen LogP contribution in [-0.2, 0) is 16.0 Å². The highest BCUT2D eigenvalue weighted by Crippen LogP contribution is 2.26. The topological polar surface area (TPSA) is 41.9 Å². The zero-order chi connectivity index (χ0) is 14.8. The fourth-order valence-corrected chi connectivity index (χ4v) is 3.03. The maximum atomic E-state index is 9.49. The molecule has 0 aromatic heterocycles. The maximum absolute atomic E-state index is 9.49. The third-order valence-corrected chi connectivity index (χ3v) is 4.13. The van der Waals surface area contributed by atoms with Gasteiger partial charge in [-0.3, -0.25) is 4.90 Å². The molecule has 0 saturated carbocycles. The van der Waals surface area contributed by atoms with Crippen LogP contribution in [0.3, 0.4) is 0 Å². The molecule has 1 N–H and O–H groups in total. The number of phenols is 1. The Bertz CT molecular complexity index is 618. The predicted molar refractivity (Wildman–Crippen MR) is 82.2 cm³/mol. The van der Waals surface area contributed by atoms with Gasteiger partial charge in [0.1, 0.15) is 5.75 Å². The molecule has 21 heavy (non-hydrogen) atoms. The Balaban J connectivity index is 1.63. The standard InChI is InChI=1S/C17H21NO3/c1-20-17(21-2)15-10-18(11-15)9-12-3-4-14-8-16(19)6-5-13(14)7-12/h3-8,15,17,19H,9-11H2,1-2H3. The number of benzene rings is 2. The van der Waals surface area contributed by atoms with E-state index in [0.717, 1.165) is 30.4 Å². The summed E-state index contributed by atoms with van der Waals surface area (Å²) in [7, 11) is 3.38. The highest BCUT2D eigenvalue weighted by molar-refractivity contribution is 5.84. The zero-order valence-corrected chi connectivity index (χ0v) is 12.5. The summed E-state index contributed by atoms with van der Waals surface area (Å²) < 4.78 is 10.6. The van der Waals surface area contributed by atoms with Gasteiger partial charge in [-0.15, -0.1) is 0 Å². The van der Waals surface area contributed by atoms with Gasteiger partial charge in [-0.25, -0.2) is 0 Å². The summed E-state index contributed by atoms with van der Waals surface area (Å²) in [6, 6.07) is 11.9. The van der Waals surface area contributed by atoms with Gasteiger partial charge in [-0.1, -0.05) is 18.2 Å². The van der Waals surface area contributed by atoms with Crippen molar-refractivity contribution in [2.75, 3.05) is 27.3 Å². The number of rotatable bonds is 5. The van der Waals surface area contributed by atoms with Crippen LogP contribution in [0.25, 0.3) is 10.8 Å². The van der Waals surface area contributed by atoms with Crippen LogP contribution in [-0.4, -0.2) is 43.6 Å². The van der Waals surface area contributed by atoms with E-state index < -0.39 is 0 Å². The first kappa shape index (κ1) is 14.3. The van der Waals surface area contributed by atoms with Crippen molar-refractivity contribution in [2.45, 2.75) is 12.8 Å². The molecule has 2 aromatic rings. The summed E-state index contributed by atoms with van der Waals surface area (Å²) in [6.07, 6.45) is -0.0965. The minimum absolute atomic E-state index is 0.0965. The van der Waals surface area contributed by atoms with Crippen molar-refractivity contribution >= 4 is 10.8 Å². The van der Waals surface area contributed by atoms with Gasteiger partial charge in [0, 0.05) is 39.8 Å². The van der Waals surface area contributed by atoms with E-state index in [1.54, 1.807) is 26.4 Å². The molecule has 112 valence electrons. The maximum Gasteiger partial charge on any atom is 0.162 e. The highest BCUT2D eigenvalue weighted by Gasteiger charge is 2.33. The van der Waals surface area contributed by atoms with E-state index in [4.69, 9.17) is 9.47 Å². The van der Waals surface area contributed by atoms with Gasteiger partial charge < -0.3 is 14.6 Å². The van der Waals surface area contributed by atoms with Crippen molar-refractivity contribution in [1.29, 1.82) is 0 Å². The molecule has 4 heteroatoms. The molecule has 3 rings (SSSR count). The second-order valence-corrected chi connectivity index (χ2v) is 5.66. The quantitative estimate of drug-likeness (QED) is 0.858. The van der Waals surface area contributed by atoms with E-state index >= 15 is 0 Å². The molecular formula is C17H21NO3. The van der Waals surface area contributed by atoms with E-state index in [9.17, 15) is 5.11 Å². The van der Waals surface area contributed by atoms with Gasteiger partial charge in [-0.2, -0.15) is 0 Å². The van der Waals surface area contributed by atoms with Gasteiger partial charge in [0.2, 0.25) is 0 Å². The Morgan fingerprint density at radius 2 is 1.76 bits per heavy atom. The van der Waals surface area contributed by atoms with Crippen LogP contribution in [0, 0.1) is 5.92 Å². The fourth-order valence-electron chi connectivity index (χ4n) is 3.03. The minimum Gasteiger partial charge on any atom is -0.508 e. The highest BCUT2D eigenvalue weighted by atomic mass is 16.7. The van der Waals surface area contributed by atoms with Crippen molar-refractivity contribution in [2.24, 2.45) is 5.92 Å². The lowest BCUT2D eigenvalue weighted by Gasteiger charge is -2.42. The molecule has 4 nitrogen and oxygen atoms in total. The summed E-state index contributed by atoms with van der Waals surface area (Å²) in [5.74, 6) is 0.767. The molecule has 0 spiro atoms. The fraction of sp³-hybridized carbons (Fsp3) is 0.412. The van der Waals surface area contributed by atoms with Crippen molar-refractivity contribution in [3.05, 3.63) is 42.0 Å². The Kier molecular flexibility index (Phi) is 4.10. The molecule has 1 heterocycles. The summed E-state index contributed by atoms with van der Waals surface area (Å²) in [5.41, 5.74) is 1.29. The number of ether oxygens (including phenoxy) is 2. The molecule has 1 fully saturated rings. The largest absolute Gasteiger partial charge is 0.508 e. The number of nitrogens with zero attached hydrogens (tertiary/aromatic N) is 1. The molecule has 0 bridgehead atoms. The third-order valence-electron chi connectivity index (χ3n) is 4.13. The Morgan fingerprint density at radius 3 is 2.48 bits per heavy atom. The normalized spacial score (nSPS) is 16.5. The smallest absolute Gasteiger partial charge is 0.162 e. The number of likely N-dealkylation sites (tertiary alicyclic amines) is 1. The van der Waals surface area contributed by atoms with Gasteiger partial charge in [0.05, 0.1) is 0 Å². The van der Waals surface area contributed by atoms with Crippen LogP contribution in [0.1, 0.15) is 5.56 Å². The molecule has 0 aliphatic carbocycles. The average Bonchev–Trinajstić information content (AvgIpc) is 2.45. The molecule has 1 aliphatic rings. The predicted octanol–water partition coefficient (Wildman–Crippen LogP) is 2.60. The van der Waals surface area contributed by atoms with Crippen LogP contribution >= 0.6 is 0 Å². The van der Waals surface area contributed by atoms with E-state index in [1.807, 2.05) is 6.07 Å². The summed E-state index contributed by atoms with van der Waals surface area (Å²) in [4.78, 5) is 2.39. The first-order valence-electron chi connectivity index (χ1n) is 7.19. The lowest BCUT2D eigenvalue weighted by Crippen LogP contribution is -2.52. The molecule has 0 atom stereocenters. The van der Waals surface area contributed by atoms with Crippen molar-refractivity contribution < 1.29 is 14.6 Å².